The van der Waals surface area contributed by atoms with E-state index in [9.17, 15) is 0 Å². The van der Waals surface area contributed by atoms with E-state index < -0.39 is 0 Å². The van der Waals surface area contributed by atoms with E-state index in [1.54, 1.807) is 0 Å². The van der Waals surface area contributed by atoms with E-state index in [0.29, 0.717) is 5.92 Å². The molecule has 0 spiro atoms. The van der Waals surface area contributed by atoms with Crippen molar-refractivity contribution in [2.45, 2.75) is 40.5 Å². The first-order valence-electron chi connectivity index (χ1n) is 6.18. The van der Waals surface area contributed by atoms with E-state index in [0.717, 1.165) is 0 Å². The van der Waals surface area contributed by atoms with Crippen molar-refractivity contribution in [3.63, 3.8) is 0 Å². The van der Waals surface area contributed by atoms with Gasteiger partial charge in [-0.25, -0.2) is 0 Å². The molecule has 0 saturated carbocycles. The minimum atomic E-state index is 0.598. The average Bonchev–Trinajstić information content (AvgIpc) is 2.30. The molecule has 0 heteroatoms. The van der Waals surface area contributed by atoms with Crippen molar-refractivity contribution in [3.8, 4) is 0 Å². The van der Waals surface area contributed by atoms with E-state index in [-0.39, 0.29) is 0 Å². The number of hydrogen-bond acceptors (Lipinski definition) is 0. The van der Waals surface area contributed by atoms with E-state index in [2.05, 4.69) is 57.2 Å². The van der Waals surface area contributed by atoms with Gasteiger partial charge in [-0.2, -0.15) is 0 Å². The first-order chi connectivity index (χ1) is 7.68. The number of benzene rings is 2. The van der Waals surface area contributed by atoms with Crippen molar-refractivity contribution in [2.75, 3.05) is 0 Å². The molecule has 2 aromatic rings. The molecule has 16 heavy (non-hydrogen) atoms. The van der Waals surface area contributed by atoms with Gasteiger partial charge in [-0.05, 0) is 29.2 Å². The van der Waals surface area contributed by atoms with Gasteiger partial charge in [0.2, 0.25) is 0 Å². The third kappa shape index (κ3) is 2.63. The van der Waals surface area contributed by atoms with Gasteiger partial charge in [-0.3, -0.25) is 0 Å². The Bertz CT molecular complexity index is 453. The second kappa shape index (κ2) is 5.69. The molecular weight excluding hydrogens is 192 g/mol. The smallest absolute Gasteiger partial charge is 0.0147 e. The molecule has 0 aliphatic heterocycles. The van der Waals surface area contributed by atoms with E-state index in [1.807, 2.05) is 13.8 Å². The molecule has 2 aromatic carbocycles. The highest BCUT2D eigenvalue weighted by atomic mass is 14.1. The van der Waals surface area contributed by atoms with E-state index in [1.165, 1.54) is 21.9 Å². The van der Waals surface area contributed by atoms with Crippen LogP contribution in [0.1, 0.15) is 44.7 Å². The molecule has 0 aliphatic carbocycles. The van der Waals surface area contributed by atoms with Crippen molar-refractivity contribution in [3.05, 3.63) is 47.5 Å². The molecule has 0 nitrogen and oxygen atoms in total. The predicted molar refractivity (Wildman–Crippen MR) is 74.1 cm³/mol. The van der Waals surface area contributed by atoms with Crippen molar-refractivity contribution in [1.29, 1.82) is 0 Å². The van der Waals surface area contributed by atoms with Gasteiger partial charge in [0.25, 0.3) is 0 Å². The summed E-state index contributed by atoms with van der Waals surface area (Å²) in [7, 11) is 0. The molecule has 2 rings (SSSR count). The molecule has 0 radical (unpaired) electrons. The zero-order valence-electron chi connectivity index (χ0n) is 11.0. The Kier molecular flexibility index (Phi) is 4.54. The van der Waals surface area contributed by atoms with E-state index >= 15 is 0 Å². The quantitative estimate of drug-likeness (QED) is 0.604. The summed E-state index contributed by atoms with van der Waals surface area (Å²) in [4.78, 5) is 0. The second-order valence-electron chi connectivity index (χ2n) is 4.23. The Morgan fingerprint density at radius 1 is 0.938 bits per heavy atom. The van der Waals surface area contributed by atoms with Crippen LogP contribution in [-0.2, 0) is 0 Å². The molecule has 0 unspecified atom stereocenters. The molecule has 0 aliphatic rings. The van der Waals surface area contributed by atoms with Crippen LogP contribution in [0.15, 0.2) is 36.4 Å². The van der Waals surface area contributed by atoms with Gasteiger partial charge in [-0.1, -0.05) is 69.7 Å². The Balaban J connectivity index is 0.000000606. The summed E-state index contributed by atoms with van der Waals surface area (Å²) < 4.78 is 0. The van der Waals surface area contributed by atoms with Crippen LogP contribution < -0.4 is 0 Å². The number of hydrogen-bond donors (Lipinski definition) is 0. The third-order valence-corrected chi connectivity index (χ3v) is 2.69. The summed E-state index contributed by atoms with van der Waals surface area (Å²) in [5.41, 5.74) is 2.79. The van der Waals surface area contributed by atoms with Crippen LogP contribution in [-0.4, -0.2) is 0 Å². The van der Waals surface area contributed by atoms with Crippen LogP contribution >= 0.6 is 0 Å². The molecule has 0 fully saturated rings. The highest BCUT2D eigenvalue weighted by Gasteiger charge is 2.03. The van der Waals surface area contributed by atoms with Gasteiger partial charge in [0.15, 0.2) is 0 Å². The first kappa shape index (κ1) is 12.8. The maximum absolute atomic E-state index is 2.28. The fraction of sp³-hybridized carbons (Fsp3) is 0.375. The zero-order valence-corrected chi connectivity index (χ0v) is 11.0. The van der Waals surface area contributed by atoms with Gasteiger partial charge >= 0.3 is 0 Å². The molecule has 0 amide bonds. The third-order valence-electron chi connectivity index (χ3n) is 2.69. The summed E-state index contributed by atoms with van der Waals surface area (Å²) >= 11 is 0. The minimum Gasteiger partial charge on any atom is -0.0683 e. The topological polar surface area (TPSA) is 0 Å². The minimum absolute atomic E-state index is 0.598. The van der Waals surface area contributed by atoms with Crippen molar-refractivity contribution in [2.24, 2.45) is 0 Å². The SMILES string of the molecule is CC.Cc1ccc2cccc(C(C)C)c2c1. The number of fused-ring (bicyclic) bond motifs is 1. The Labute approximate surface area is 99.3 Å². The van der Waals surface area contributed by atoms with Crippen LogP contribution in [0.2, 0.25) is 0 Å². The Hall–Kier alpha value is -1.30. The van der Waals surface area contributed by atoms with Crippen molar-refractivity contribution >= 4 is 10.8 Å². The highest BCUT2D eigenvalue weighted by molar-refractivity contribution is 5.86. The predicted octanol–water partition coefficient (Wildman–Crippen LogP) is 5.30. The summed E-state index contributed by atoms with van der Waals surface area (Å²) in [5.74, 6) is 0.598. The zero-order chi connectivity index (χ0) is 12.1. The second-order valence-corrected chi connectivity index (χ2v) is 4.23. The molecule has 0 atom stereocenters. The van der Waals surface area contributed by atoms with Crippen LogP contribution in [0.4, 0.5) is 0 Å². The van der Waals surface area contributed by atoms with Crippen LogP contribution in [0.25, 0.3) is 10.8 Å². The van der Waals surface area contributed by atoms with Crippen molar-refractivity contribution in [1.82, 2.24) is 0 Å². The number of aryl methyl sites for hydroxylation is 1. The Morgan fingerprint density at radius 2 is 1.62 bits per heavy atom. The number of rotatable bonds is 1. The molecule has 0 aromatic heterocycles. The summed E-state index contributed by atoms with van der Waals surface area (Å²) in [5, 5.41) is 2.75. The summed E-state index contributed by atoms with van der Waals surface area (Å²) in [6.07, 6.45) is 0. The van der Waals surface area contributed by atoms with Gasteiger partial charge in [0, 0.05) is 0 Å². The molecule has 86 valence electrons. The lowest BCUT2D eigenvalue weighted by Gasteiger charge is -2.10. The fourth-order valence-corrected chi connectivity index (χ4v) is 1.91. The monoisotopic (exact) mass is 214 g/mol. The summed E-state index contributed by atoms with van der Waals surface area (Å²) in [6, 6.07) is 13.2. The molecule has 0 bridgehead atoms. The van der Waals surface area contributed by atoms with E-state index in [4.69, 9.17) is 0 Å². The fourth-order valence-electron chi connectivity index (χ4n) is 1.91. The Morgan fingerprint density at radius 3 is 2.25 bits per heavy atom. The van der Waals surface area contributed by atoms with Gasteiger partial charge in [-0.15, -0.1) is 0 Å². The maximum Gasteiger partial charge on any atom is -0.0147 e. The average molecular weight is 214 g/mol. The normalized spacial score (nSPS) is 10.1. The van der Waals surface area contributed by atoms with Crippen LogP contribution in [0.5, 0.6) is 0 Å². The molecular formula is C16H22. The molecule has 0 saturated heterocycles. The summed E-state index contributed by atoms with van der Waals surface area (Å²) in [6.45, 7) is 10.6. The maximum atomic E-state index is 2.28. The van der Waals surface area contributed by atoms with Gasteiger partial charge < -0.3 is 0 Å². The lowest BCUT2D eigenvalue weighted by molar-refractivity contribution is 0.876. The lowest BCUT2D eigenvalue weighted by Crippen LogP contribution is -1.89. The first-order valence-corrected chi connectivity index (χ1v) is 6.18. The molecule has 0 N–H and O–H groups in total. The van der Waals surface area contributed by atoms with Gasteiger partial charge in [0.05, 0.1) is 0 Å². The van der Waals surface area contributed by atoms with Gasteiger partial charge in [0.1, 0.15) is 0 Å². The largest absolute Gasteiger partial charge is 0.0683 e. The standard InChI is InChI=1S/C14H16.C2H6/c1-10(2)13-6-4-5-12-8-7-11(3)9-14(12)13;1-2/h4-10H,1-3H3;1-2H3. The molecule has 0 heterocycles. The van der Waals surface area contributed by atoms with Crippen LogP contribution in [0.3, 0.4) is 0 Å². The van der Waals surface area contributed by atoms with Crippen LogP contribution in [0, 0.1) is 6.92 Å². The highest BCUT2D eigenvalue weighted by Crippen LogP contribution is 2.25. The van der Waals surface area contributed by atoms with Crippen molar-refractivity contribution < 1.29 is 0 Å². The lowest BCUT2D eigenvalue weighted by atomic mass is 9.95.